The maximum absolute atomic E-state index is 15.2. The maximum atomic E-state index is 15.2. The van der Waals surface area contributed by atoms with Crippen LogP contribution in [0, 0.1) is 11.3 Å². The lowest BCUT2D eigenvalue weighted by Gasteiger charge is -2.63. The summed E-state index contributed by atoms with van der Waals surface area (Å²) < 4.78 is 12.2. The molecule has 6 heterocycles. The van der Waals surface area contributed by atoms with Crippen molar-refractivity contribution in [3.05, 3.63) is 81.4 Å². The van der Waals surface area contributed by atoms with Crippen LogP contribution in [0.1, 0.15) is 68.3 Å². The number of aromatic nitrogens is 1. The number of likely N-dealkylation sites (N-methyl/N-ethyl adjacent to an activating group) is 1. The van der Waals surface area contributed by atoms with E-state index in [1.807, 2.05) is 55.2 Å². The number of aromatic amines is 1. The van der Waals surface area contributed by atoms with Gasteiger partial charge in [0.2, 0.25) is 0 Å². The molecule has 1 aliphatic carbocycles. The molecule has 302 valence electrons. The number of hydrogen-bond donors (Lipinski definition) is 4. The van der Waals surface area contributed by atoms with Crippen LogP contribution >= 0.6 is 0 Å². The Morgan fingerprint density at radius 1 is 1.07 bits per heavy atom. The molecule has 3 fully saturated rings. The molecule has 2 saturated heterocycles. The molecule has 3 aromatic rings. The molecule has 1 spiro atoms. The molecule has 57 heavy (non-hydrogen) atoms. The summed E-state index contributed by atoms with van der Waals surface area (Å²) in [5.41, 5.74) is 7.34. The van der Waals surface area contributed by atoms with Crippen LogP contribution in [0.2, 0.25) is 0 Å². The number of H-pyrrole nitrogens is 1. The Morgan fingerprint density at radius 3 is 2.58 bits per heavy atom. The van der Waals surface area contributed by atoms with Crippen molar-refractivity contribution in [2.75, 3.05) is 58.9 Å². The van der Waals surface area contributed by atoms with Crippen LogP contribution in [0.5, 0.6) is 5.75 Å². The number of carbonyl (C=O) groups excluding carboxylic acids is 2. The van der Waals surface area contributed by atoms with Crippen LogP contribution in [0.4, 0.5) is 5.69 Å². The number of para-hydroxylation sites is 1. The SMILES string of the molecule is CCC1(O)C[C@H]2C[N@](CCc3c([nH]c4ccccc34)[C@@](C(=O)OC)(c3cc4c(cc3OC)N(C)C3[C@]45CCN4CC=C[C@](CC)(C45)[C@@H](O)[C@]3(O)C(=O)N=[N+]=[N-])C2)C1. The number of benzene rings is 2. The minimum Gasteiger partial charge on any atom is -0.496 e. The zero-order valence-electron chi connectivity index (χ0n) is 33.4. The number of fused-ring (bicyclic) bond motifs is 6. The summed E-state index contributed by atoms with van der Waals surface area (Å²) in [7, 11) is 4.79. The number of piperidine rings is 1. The highest BCUT2D eigenvalue weighted by atomic mass is 16.5. The van der Waals surface area contributed by atoms with E-state index >= 15 is 4.79 Å². The van der Waals surface area contributed by atoms with Gasteiger partial charge in [0.25, 0.3) is 5.91 Å². The zero-order valence-corrected chi connectivity index (χ0v) is 33.4. The number of aliphatic hydroxyl groups excluding tert-OH is 1. The van der Waals surface area contributed by atoms with Crippen LogP contribution in [0.3, 0.4) is 0 Å². The van der Waals surface area contributed by atoms with Crippen molar-refractivity contribution in [3.8, 4) is 5.75 Å². The van der Waals surface area contributed by atoms with Crippen molar-refractivity contribution in [2.24, 2.45) is 16.4 Å². The highest BCUT2D eigenvalue weighted by molar-refractivity contribution is 5.95. The molecule has 14 nitrogen and oxygen atoms in total. The molecule has 2 bridgehead atoms. The van der Waals surface area contributed by atoms with Gasteiger partial charge < -0.3 is 34.7 Å². The summed E-state index contributed by atoms with van der Waals surface area (Å²) in [5, 5.41) is 41.7. The standard InChI is InChI=1S/C43H53N7O7/c1-6-39(54)21-25-22-42(38(53)57-5,33-27(13-17-49(23-25)24-39)26-11-8-9-12-30(26)45-33)29-19-28-31(20-32(29)56-4)48(3)35-41(28)15-18-50-16-10-14-40(7-2,34(41)50)36(51)43(35,55)37(52)46-47-44/h8-12,14,19-20,25,34-36,45,51,54-55H,6-7,13,15-18,21-24H2,1-5H3/t25-,34?,35?,36-,39?,40-,41-,42+,43+/m1/s1. The molecule has 3 unspecified atom stereocenters. The number of azide groups is 1. The molecule has 1 amide bonds. The number of nitrogens with zero attached hydrogens (tertiary/aromatic N) is 6. The van der Waals surface area contributed by atoms with Crippen LogP contribution in [0.15, 0.2) is 53.7 Å². The summed E-state index contributed by atoms with van der Waals surface area (Å²) in [6, 6.07) is 10.6. The number of esters is 1. The summed E-state index contributed by atoms with van der Waals surface area (Å²) in [4.78, 5) is 42.4. The Labute approximate surface area is 332 Å². The molecular formula is C43H53N7O7. The monoisotopic (exact) mass is 779 g/mol. The van der Waals surface area contributed by atoms with E-state index in [0.29, 0.717) is 88.2 Å². The number of ether oxygens (including phenoxy) is 2. The van der Waals surface area contributed by atoms with E-state index in [9.17, 15) is 25.6 Å². The van der Waals surface area contributed by atoms with Gasteiger partial charge in [-0.3, -0.25) is 19.4 Å². The van der Waals surface area contributed by atoms with Crippen LogP contribution in [-0.4, -0.2) is 125 Å². The van der Waals surface area contributed by atoms with Crippen LogP contribution < -0.4 is 9.64 Å². The topological polar surface area (TPSA) is 188 Å². The average Bonchev–Trinajstić information content (AvgIpc) is 3.88. The van der Waals surface area contributed by atoms with E-state index in [4.69, 9.17) is 9.47 Å². The van der Waals surface area contributed by atoms with E-state index in [1.165, 1.54) is 7.11 Å². The lowest BCUT2D eigenvalue weighted by atomic mass is 9.47. The number of nitrogens with one attached hydrogen (secondary N) is 1. The van der Waals surface area contributed by atoms with E-state index < -0.39 is 51.5 Å². The fourth-order valence-electron chi connectivity index (χ4n) is 13.1. The minimum absolute atomic E-state index is 0.110. The normalized spacial score (nSPS) is 37.8. The Bertz CT molecular complexity index is 2250. The van der Waals surface area contributed by atoms with Crippen molar-refractivity contribution < 1.29 is 34.4 Å². The van der Waals surface area contributed by atoms with Gasteiger partial charge in [0.1, 0.15) is 17.3 Å². The molecule has 2 aromatic carbocycles. The lowest BCUT2D eigenvalue weighted by Crippen LogP contribution is -2.80. The van der Waals surface area contributed by atoms with Crippen LogP contribution in [-0.2, 0) is 31.6 Å². The summed E-state index contributed by atoms with van der Waals surface area (Å²) in [6.07, 6.45) is 5.30. The molecule has 6 aliphatic rings. The number of amides is 1. The maximum Gasteiger partial charge on any atom is 0.322 e. The fourth-order valence-corrected chi connectivity index (χ4v) is 13.1. The first-order valence-electron chi connectivity index (χ1n) is 20.3. The smallest absolute Gasteiger partial charge is 0.322 e. The molecule has 10 atom stereocenters. The number of rotatable bonds is 6. The van der Waals surface area contributed by atoms with Crippen LogP contribution in [0.25, 0.3) is 21.3 Å². The Morgan fingerprint density at radius 2 is 1.86 bits per heavy atom. The Balaban J connectivity index is 1.37. The number of aliphatic hydroxyl groups is 3. The first-order valence-corrected chi connectivity index (χ1v) is 20.3. The van der Waals surface area contributed by atoms with Gasteiger partial charge >= 0.3 is 5.97 Å². The van der Waals surface area contributed by atoms with E-state index in [0.717, 1.165) is 27.7 Å². The third-order valence-electron chi connectivity index (χ3n) is 15.3. The van der Waals surface area contributed by atoms with Gasteiger partial charge in [-0.05, 0) is 84.9 Å². The molecular weight excluding hydrogens is 727 g/mol. The predicted molar refractivity (Wildman–Crippen MR) is 213 cm³/mol. The molecule has 1 aromatic heterocycles. The zero-order chi connectivity index (χ0) is 40.3. The van der Waals surface area contributed by atoms with Gasteiger partial charge in [0, 0.05) is 88.9 Å². The Hall–Kier alpha value is -4.43. The van der Waals surface area contributed by atoms with Crippen molar-refractivity contribution in [1.82, 2.24) is 14.8 Å². The van der Waals surface area contributed by atoms with Crippen molar-refractivity contribution in [1.29, 1.82) is 0 Å². The van der Waals surface area contributed by atoms with E-state index in [2.05, 4.69) is 36.9 Å². The largest absolute Gasteiger partial charge is 0.496 e. The number of anilines is 1. The molecule has 1 saturated carbocycles. The summed E-state index contributed by atoms with van der Waals surface area (Å²) in [5.74, 6) is -1.28. The molecule has 0 radical (unpaired) electrons. The first-order chi connectivity index (χ1) is 27.3. The highest BCUT2D eigenvalue weighted by Gasteiger charge is 2.78. The summed E-state index contributed by atoms with van der Waals surface area (Å²) in [6.45, 7) is 7.16. The van der Waals surface area contributed by atoms with Crippen molar-refractivity contribution in [3.63, 3.8) is 0 Å². The van der Waals surface area contributed by atoms with Crippen molar-refractivity contribution >= 4 is 28.5 Å². The Kier molecular flexibility index (Phi) is 8.72. The lowest BCUT2D eigenvalue weighted by molar-refractivity contribution is -0.201. The van der Waals surface area contributed by atoms with Gasteiger partial charge in [0.05, 0.1) is 25.9 Å². The molecule has 4 N–H and O–H groups in total. The average molecular weight is 780 g/mol. The third kappa shape index (κ3) is 4.79. The summed E-state index contributed by atoms with van der Waals surface area (Å²) >= 11 is 0. The van der Waals surface area contributed by atoms with Gasteiger partial charge in [-0.2, -0.15) is 0 Å². The predicted octanol–water partition coefficient (Wildman–Crippen LogP) is 4.08. The van der Waals surface area contributed by atoms with Gasteiger partial charge in [-0.1, -0.05) is 44.2 Å². The van der Waals surface area contributed by atoms with Gasteiger partial charge in [-0.25, -0.2) is 0 Å². The third-order valence-corrected chi connectivity index (χ3v) is 15.3. The molecule has 14 heteroatoms. The fraction of sp³-hybridized carbons (Fsp3) is 0.581. The minimum atomic E-state index is -2.49. The highest BCUT2D eigenvalue weighted by Crippen LogP contribution is 2.67. The number of carbonyl (C=O) groups is 2. The second-order valence-corrected chi connectivity index (χ2v) is 17.6. The van der Waals surface area contributed by atoms with Gasteiger partial charge in [-0.15, -0.1) is 0 Å². The number of hydrogen-bond acceptors (Lipinski definition) is 10. The molecule has 9 rings (SSSR count). The van der Waals surface area contributed by atoms with E-state index in [1.54, 1.807) is 14.2 Å². The quantitative estimate of drug-likeness (QED) is 0.0934. The van der Waals surface area contributed by atoms with Crippen molar-refractivity contribution in [2.45, 2.75) is 92.6 Å². The van der Waals surface area contributed by atoms with E-state index in [-0.39, 0.29) is 12.0 Å². The molecule has 5 aliphatic heterocycles. The first kappa shape index (κ1) is 38.1. The second-order valence-electron chi connectivity index (χ2n) is 17.6. The van der Waals surface area contributed by atoms with Gasteiger partial charge in [0.15, 0.2) is 5.60 Å². The second kappa shape index (κ2) is 13.0. The number of methoxy groups -OCH3 is 2.